The molecule has 0 heterocycles. The van der Waals surface area contributed by atoms with Gasteiger partial charge in [0.1, 0.15) is 5.82 Å². The molecule has 0 unspecified atom stereocenters. The number of anilines is 1. The van der Waals surface area contributed by atoms with Gasteiger partial charge < -0.3 is 10.8 Å². The van der Waals surface area contributed by atoms with E-state index in [2.05, 4.69) is 0 Å². The maximum atomic E-state index is 12.7. The lowest BCUT2D eigenvalue weighted by Crippen LogP contribution is -2.05. The number of nitrogens with two attached hydrogens (primary N) is 1. The standard InChI is InChI=1S/C8H6F3NO2/c9-5-1-4(8(13)14)3(7(10)11)2-6(5)12/h1-2,7H,12H2,(H,13,14). The van der Waals surface area contributed by atoms with Crippen molar-refractivity contribution in [3.63, 3.8) is 0 Å². The highest BCUT2D eigenvalue weighted by Crippen LogP contribution is 2.26. The summed E-state index contributed by atoms with van der Waals surface area (Å²) in [5.74, 6) is -2.63. The molecular formula is C8H6F3NO2. The van der Waals surface area contributed by atoms with Crippen LogP contribution < -0.4 is 5.73 Å². The fraction of sp³-hybridized carbons (Fsp3) is 0.125. The molecule has 0 atom stereocenters. The normalized spacial score (nSPS) is 10.6. The predicted octanol–water partition coefficient (Wildman–Crippen LogP) is 2.04. The molecule has 0 aliphatic carbocycles. The van der Waals surface area contributed by atoms with Crippen molar-refractivity contribution in [2.75, 3.05) is 5.73 Å². The van der Waals surface area contributed by atoms with E-state index >= 15 is 0 Å². The summed E-state index contributed by atoms with van der Waals surface area (Å²) in [7, 11) is 0. The van der Waals surface area contributed by atoms with E-state index in [1.54, 1.807) is 0 Å². The summed E-state index contributed by atoms with van der Waals surface area (Å²) >= 11 is 0. The molecule has 0 aliphatic heterocycles. The Kier molecular flexibility index (Phi) is 2.64. The van der Waals surface area contributed by atoms with Crippen molar-refractivity contribution in [1.82, 2.24) is 0 Å². The highest BCUT2D eigenvalue weighted by atomic mass is 19.3. The molecule has 0 amide bonds. The van der Waals surface area contributed by atoms with E-state index in [1.165, 1.54) is 0 Å². The summed E-state index contributed by atoms with van der Waals surface area (Å²) < 4.78 is 37.3. The van der Waals surface area contributed by atoms with Crippen LogP contribution in [-0.2, 0) is 0 Å². The van der Waals surface area contributed by atoms with Crippen molar-refractivity contribution in [2.45, 2.75) is 6.43 Å². The first-order chi connectivity index (χ1) is 6.43. The van der Waals surface area contributed by atoms with Crippen LogP contribution in [-0.4, -0.2) is 11.1 Å². The van der Waals surface area contributed by atoms with E-state index in [0.717, 1.165) is 0 Å². The van der Waals surface area contributed by atoms with Gasteiger partial charge in [-0.15, -0.1) is 0 Å². The molecule has 0 aromatic heterocycles. The number of rotatable bonds is 2. The minimum Gasteiger partial charge on any atom is -0.478 e. The molecule has 1 aromatic rings. The lowest BCUT2D eigenvalue weighted by Gasteiger charge is -2.06. The molecule has 0 bridgehead atoms. The van der Waals surface area contributed by atoms with Crippen LogP contribution in [0.1, 0.15) is 22.3 Å². The number of carboxylic acids is 1. The quantitative estimate of drug-likeness (QED) is 0.726. The van der Waals surface area contributed by atoms with E-state index in [9.17, 15) is 18.0 Å². The highest BCUT2D eigenvalue weighted by molar-refractivity contribution is 5.90. The second kappa shape index (κ2) is 3.57. The van der Waals surface area contributed by atoms with Crippen LogP contribution in [0.5, 0.6) is 0 Å². The molecule has 6 heteroatoms. The van der Waals surface area contributed by atoms with Gasteiger partial charge in [0.15, 0.2) is 0 Å². The van der Waals surface area contributed by atoms with Crippen LogP contribution in [0.2, 0.25) is 0 Å². The number of carbonyl (C=O) groups is 1. The van der Waals surface area contributed by atoms with Crippen LogP contribution in [0.15, 0.2) is 12.1 Å². The number of carboxylic acid groups (broad SMARTS) is 1. The first kappa shape index (κ1) is 10.4. The molecule has 0 saturated carbocycles. The molecule has 14 heavy (non-hydrogen) atoms. The highest BCUT2D eigenvalue weighted by Gasteiger charge is 2.20. The fourth-order valence-corrected chi connectivity index (χ4v) is 0.973. The van der Waals surface area contributed by atoms with Crippen molar-refractivity contribution in [3.05, 3.63) is 29.1 Å². The van der Waals surface area contributed by atoms with Crippen LogP contribution in [0.25, 0.3) is 0 Å². The topological polar surface area (TPSA) is 63.3 Å². The molecule has 76 valence electrons. The van der Waals surface area contributed by atoms with E-state index in [4.69, 9.17) is 10.8 Å². The van der Waals surface area contributed by atoms with Gasteiger partial charge in [-0.25, -0.2) is 18.0 Å². The SMILES string of the molecule is Nc1cc(C(F)F)c(C(=O)O)cc1F. The van der Waals surface area contributed by atoms with Crippen LogP contribution >= 0.6 is 0 Å². The van der Waals surface area contributed by atoms with Gasteiger partial charge in [0.25, 0.3) is 6.43 Å². The Labute approximate surface area is 77.0 Å². The Morgan fingerprint density at radius 3 is 2.43 bits per heavy atom. The van der Waals surface area contributed by atoms with Gasteiger partial charge in [0, 0.05) is 5.56 Å². The van der Waals surface area contributed by atoms with Crippen LogP contribution in [0.4, 0.5) is 18.9 Å². The van der Waals surface area contributed by atoms with Gasteiger partial charge >= 0.3 is 5.97 Å². The van der Waals surface area contributed by atoms with E-state index in [-0.39, 0.29) is 0 Å². The molecule has 0 spiro atoms. The lowest BCUT2D eigenvalue weighted by molar-refractivity contribution is 0.0684. The third-order valence-electron chi connectivity index (χ3n) is 1.63. The third-order valence-corrected chi connectivity index (χ3v) is 1.63. The maximum Gasteiger partial charge on any atom is 0.336 e. The molecular weight excluding hydrogens is 199 g/mol. The summed E-state index contributed by atoms with van der Waals surface area (Å²) in [6.07, 6.45) is -3.00. The second-order valence-electron chi connectivity index (χ2n) is 2.57. The van der Waals surface area contributed by atoms with Gasteiger partial charge in [0.2, 0.25) is 0 Å². The van der Waals surface area contributed by atoms with E-state index < -0.39 is 35.0 Å². The number of halogens is 3. The van der Waals surface area contributed by atoms with Crippen molar-refractivity contribution in [1.29, 1.82) is 0 Å². The molecule has 0 saturated heterocycles. The maximum absolute atomic E-state index is 12.7. The second-order valence-corrected chi connectivity index (χ2v) is 2.57. The van der Waals surface area contributed by atoms with E-state index in [0.29, 0.717) is 12.1 Å². The summed E-state index contributed by atoms with van der Waals surface area (Å²) in [6, 6.07) is 1.11. The Balaban J connectivity index is 3.39. The number of hydrogen-bond donors (Lipinski definition) is 2. The van der Waals surface area contributed by atoms with Crippen molar-refractivity contribution in [3.8, 4) is 0 Å². The summed E-state index contributed by atoms with van der Waals surface area (Å²) in [5, 5.41) is 8.49. The molecule has 0 fully saturated rings. The van der Waals surface area contributed by atoms with Gasteiger partial charge in [0.05, 0.1) is 11.3 Å². The Morgan fingerprint density at radius 2 is 2.00 bits per heavy atom. The van der Waals surface area contributed by atoms with Crippen molar-refractivity contribution in [2.24, 2.45) is 0 Å². The zero-order valence-electron chi connectivity index (χ0n) is 6.80. The Hall–Kier alpha value is -1.72. The molecule has 1 aromatic carbocycles. The van der Waals surface area contributed by atoms with Gasteiger partial charge in [-0.1, -0.05) is 0 Å². The number of alkyl halides is 2. The van der Waals surface area contributed by atoms with Crippen molar-refractivity contribution >= 4 is 11.7 Å². The zero-order chi connectivity index (χ0) is 10.9. The number of aromatic carboxylic acids is 1. The predicted molar refractivity (Wildman–Crippen MR) is 42.7 cm³/mol. The van der Waals surface area contributed by atoms with Crippen molar-refractivity contribution < 1.29 is 23.1 Å². The monoisotopic (exact) mass is 205 g/mol. The largest absolute Gasteiger partial charge is 0.478 e. The fourth-order valence-electron chi connectivity index (χ4n) is 0.973. The third kappa shape index (κ3) is 1.78. The molecule has 0 aliphatic rings. The number of nitrogen functional groups attached to an aromatic ring is 1. The smallest absolute Gasteiger partial charge is 0.336 e. The van der Waals surface area contributed by atoms with Crippen LogP contribution in [0, 0.1) is 5.82 Å². The zero-order valence-corrected chi connectivity index (χ0v) is 6.80. The number of benzene rings is 1. The molecule has 1 rings (SSSR count). The Bertz CT molecular complexity index is 379. The average molecular weight is 205 g/mol. The van der Waals surface area contributed by atoms with Gasteiger partial charge in [-0.3, -0.25) is 0 Å². The molecule has 3 N–H and O–H groups in total. The van der Waals surface area contributed by atoms with Gasteiger partial charge in [-0.2, -0.15) is 0 Å². The van der Waals surface area contributed by atoms with Crippen LogP contribution in [0.3, 0.4) is 0 Å². The Morgan fingerprint density at radius 1 is 1.43 bits per heavy atom. The van der Waals surface area contributed by atoms with E-state index in [1.807, 2.05) is 0 Å². The lowest BCUT2D eigenvalue weighted by atomic mass is 10.1. The first-order valence-electron chi connectivity index (χ1n) is 3.54. The molecule has 3 nitrogen and oxygen atoms in total. The average Bonchev–Trinajstić information content (AvgIpc) is 2.08. The minimum absolute atomic E-state index is 0.485. The minimum atomic E-state index is -3.00. The summed E-state index contributed by atoms with van der Waals surface area (Å²) in [6.45, 7) is 0. The summed E-state index contributed by atoms with van der Waals surface area (Å²) in [4.78, 5) is 10.4. The summed E-state index contributed by atoms with van der Waals surface area (Å²) in [5.41, 5.74) is 2.98. The number of hydrogen-bond acceptors (Lipinski definition) is 2. The van der Waals surface area contributed by atoms with Gasteiger partial charge in [-0.05, 0) is 12.1 Å². The molecule has 0 radical (unpaired) electrons. The first-order valence-corrected chi connectivity index (χ1v) is 3.54.